The summed E-state index contributed by atoms with van der Waals surface area (Å²) in [5.74, 6) is -2.32. The van der Waals surface area contributed by atoms with Crippen molar-refractivity contribution in [1.82, 2.24) is 0 Å². The summed E-state index contributed by atoms with van der Waals surface area (Å²) in [7, 11) is 0. The van der Waals surface area contributed by atoms with Gasteiger partial charge >= 0.3 is 12.1 Å². The molecule has 0 bridgehead atoms. The Balaban J connectivity index is 2.08. The Morgan fingerprint density at radius 1 is 1.41 bits per heavy atom. The van der Waals surface area contributed by atoms with Crippen LogP contribution in [0.4, 0.5) is 8.78 Å². The molecule has 1 aromatic rings. The SMILES string of the molecule is CC1(C)[C@H](C(=O)O)[C@@H]1C=CC(F)(F)Oc1ccc(Cl)cc1Cl. The van der Waals surface area contributed by atoms with E-state index in [1.54, 1.807) is 13.8 Å². The van der Waals surface area contributed by atoms with E-state index in [9.17, 15) is 13.6 Å². The predicted molar refractivity (Wildman–Crippen MR) is 79.6 cm³/mol. The number of carboxylic acids is 1. The number of halogens is 4. The summed E-state index contributed by atoms with van der Waals surface area (Å²) in [6.45, 7) is 3.44. The molecule has 1 aromatic carbocycles. The quantitative estimate of drug-likeness (QED) is 0.770. The highest BCUT2D eigenvalue weighted by atomic mass is 35.5. The van der Waals surface area contributed by atoms with Crippen LogP contribution in [0.15, 0.2) is 30.4 Å². The topological polar surface area (TPSA) is 46.5 Å². The Bertz CT molecular complexity index is 629. The molecule has 0 saturated heterocycles. The van der Waals surface area contributed by atoms with E-state index in [1.807, 2.05) is 0 Å². The molecule has 0 unspecified atom stereocenters. The molecule has 1 saturated carbocycles. The van der Waals surface area contributed by atoms with Gasteiger partial charge in [0.2, 0.25) is 0 Å². The van der Waals surface area contributed by atoms with E-state index in [0.29, 0.717) is 11.1 Å². The molecule has 0 amide bonds. The molecule has 2 rings (SSSR count). The van der Waals surface area contributed by atoms with Crippen molar-refractivity contribution in [3.63, 3.8) is 0 Å². The van der Waals surface area contributed by atoms with Gasteiger partial charge in [-0.2, -0.15) is 8.78 Å². The van der Waals surface area contributed by atoms with E-state index in [2.05, 4.69) is 4.74 Å². The number of hydrogen-bond acceptors (Lipinski definition) is 2. The molecule has 1 aliphatic rings. The second kappa shape index (κ2) is 5.70. The molecule has 1 aliphatic carbocycles. The normalized spacial score (nSPS) is 23.5. The number of carboxylic acid groups (broad SMARTS) is 1. The first-order chi connectivity index (χ1) is 10.0. The smallest absolute Gasteiger partial charge is 0.419 e. The van der Waals surface area contributed by atoms with Crippen LogP contribution in [-0.2, 0) is 4.79 Å². The number of alkyl halides is 2. The van der Waals surface area contributed by atoms with Gasteiger partial charge < -0.3 is 9.84 Å². The van der Waals surface area contributed by atoms with Crippen LogP contribution in [0.25, 0.3) is 0 Å². The second-order valence-electron chi connectivity index (χ2n) is 5.76. The Labute approximate surface area is 136 Å². The average molecular weight is 351 g/mol. The summed E-state index contributed by atoms with van der Waals surface area (Å²) in [6, 6.07) is 3.92. The molecule has 1 N–H and O–H groups in total. The number of rotatable bonds is 5. The maximum absolute atomic E-state index is 13.8. The lowest BCUT2D eigenvalue weighted by Gasteiger charge is -2.15. The highest BCUT2D eigenvalue weighted by molar-refractivity contribution is 6.35. The number of benzene rings is 1. The third-order valence-electron chi connectivity index (χ3n) is 3.81. The Hall–Kier alpha value is -1.33. The van der Waals surface area contributed by atoms with Gasteiger partial charge in [0.25, 0.3) is 0 Å². The molecule has 0 radical (unpaired) electrons. The third kappa shape index (κ3) is 3.52. The Morgan fingerprint density at radius 2 is 2.05 bits per heavy atom. The van der Waals surface area contributed by atoms with Crippen LogP contribution < -0.4 is 4.74 Å². The summed E-state index contributed by atoms with van der Waals surface area (Å²) < 4.78 is 32.2. The molecule has 0 aliphatic heterocycles. The number of carbonyl (C=O) groups is 1. The van der Waals surface area contributed by atoms with Crippen molar-refractivity contribution in [1.29, 1.82) is 0 Å². The highest BCUT2D eigenvalue weighted by Crippen LogP contribution is 2.59. The Kier molecular flexibility index (Phi) is 4.42. The fourth-order valence-corrected chi connectivity index (χ4v) is 2.91. The minimum absolute atomic E-state index is 0.0317. The predicted octanol–water partition coefficient (Wildman–Crippen LogP) is 4.88. The molecular weight excluding hydrogens is 337 g/mol. The van der Waals surface area contributed by atoms with Gasteiger partial charge in [-0.3, -0.25) is 4.79 Å². The van der Waals surface area contributed by atoms with Crippen LogP contribution in [-0.4, -0.2) is 17.2 Å². The van der Waals surface area contributed by atoms with E-state index in [-0.39, 0.29) is 10.8 Å². The summed E-state index contributed by atoms with van der Waals surface area (Å²) in [4.78, 5) is 11.0. The Morgan fingerprint density at radius 3 is 2.55 bits per heavy atom. The zero-order valence-corrected chi connectivity index (χ0v) is 13.3. The van der Waals surface area contributed by atoms with Gasteiger partial charge in [-0.15, -0.1) is 0 Å². The maximum atomic E-state index is 13.8. The summed E-state index contributed by atoms with van der Waals surface area (Å²) >= 11 is 11.5. The second-order valence-corrected chi connectivity index (χ2v) is 6.60. The minimum Gasteiger partial charge on any atom is -0.481 e. The zero-order chi connectivity index (χ0) is 16.7. The van der Waals surface area contributed by atoms with Gasteiger partial charge in [0.1, 0.15) is 5.75 Å². The van der Waals surface area contributed by atoms with Crippen molar-refractivity contribution >= 4 is 29.2 Å². The van der Waals surface area contributed by atoms with Gasteiger partial charge in [-0.1, -0.05) is 43.1 Å². The molecule has 7 heteroatoms. The fraction of sp³-hybridized carbons (Fsp3) is 0.400. The lowest BCUT2D eigenvalue weighted by atomic mass is 10.1. The van der Waals surface area contributed by atoms with E-state index in [0.717, 1.165) is 0 Å². The maximum Gasteiger partial charge on any atom is 0.419 e. The molecule has 3 nitrogen and oxygen atoms in total. The van der Waals surface area contributed by atoms with Crippen LogP contribution >= 0.6 is 23.2 Å². The largest absolute Gasteiger partial charge is 0.481 e. The van der Waals surface area contributed by atoms with Crippen molar-refractivity contribution < 1.29 is 23.4 Å². The standard InChI is InChI=1S/C15H14Cl2F2O3/c1-14(2)9(12(14)13(20)21)5-6-15(18,19)22-11-4-3-8(16)7-10(11)17/h3-7,9,12H,1-2H3,(H,20,21)/t9-,12-/m0/s1. The summed E-state index contributed by atoms with van der Waals surface area (Å²) in [5, 5.41) is 9.28. The molecule has 1 fully saturated rings. The molecule has 0 aromatic heterocycles. The first-order valence-corrected chi connectivity index (χ1v) is 7.24. The zero-order valence-electron chi connectivity index (χ0n) is 11.8. The average Bonchev–Trinajstić information content (AvgIpc) is 2.92. The molecule has 22 heavy (non-hydrogen) atoms. The van der Waals surface area contributed by atoms with Gasteiger partial charge in [-0.25, -0.2) is 0 Å². The molecule has 120 valence electrons. The monoisotopic (exact) mass is 350 g/mol. The van der Waals surface area contributed by atoms with Crippen molar-refractivity contribution in [3.05, 3.63) is 40.4 Å². The van der Waals surface area contributed by atoms with E-state index >= 15 is 0 Å². The van der Waals surface area contributed by atoms with Crippen LogP contribution in [0.3, 0.4) is 0 Å². The highest BCUT2D eigenvalue weighted by Gasteiger charge is 2.61. The van der Waals surface area contributed by atoms with Gasteiger partial charge in [0.15, 0.2) is 0 Å². The number of hydrogen-bond donors (Lipinski definition) is 1. The molecule has 0 heterocycles. The number of aliphatic carboxylic acids is 1. The van der Waals surface area contributed by atoms with Crippen LogP contribution in [0.1, 0.15) is 13.8 Å². The van der Waals surface area contributed by atoms with Crippen molar-refractivity contribution in [2.24, 2.45) is 17.3 Å². The van der Waals surface area contributed by atoms with Gasteiger partial charge in [0.05, 0.1) is 10.9 Å². The van der Waals surface area contributed by atoms with Gasteiger partial charge in [0, 0.05) is 11.1 Å². The molecule has 2 atom stereocenters. The lowest BCUT2D eigenvalue weighted by Crippen LogP contribution is -2.21. The fourth-order valence-electron chi connectivity index (χ4n) is 2.46. The van der Waals surface area contributed by atoms with Crippen molar-refractivity contribution in [2.75, 3.05) is 0 Å². The first kappa shape index (κ1) is 17.0. The molecular formula is C15H14Cl2F2O3. The van der Waals surface area contributed by atoms with Crippen molar-refractivity contribution in [3.8, 4) is 5.75 Å². The van der Waals surface area contributed by atoms with E-state index < -0.39 is 29.3 Å². The number of ether oxygens (including phenoxy) is 1. The van der Waals surface area contributed by atoms with Crippen LogP contribution in [0, 0.1) is 17.3 Å². The van der Waals surface area contributed by atoms with Gasteiger partial charge in [-0.05, 0) is 29.5 Å². The summed E-state index contributed by atoms with van der Waals surface area (Å²) in [6.07, 6.45) is -1.85. The minimum atomic E-state index is -3.60. The first-order valence-electron chi connectivity index (χ1n) is 6.48. The lowest BCUT2D eigenvalue weighted by molar-refractivity contribution is -0.139. The molecule has 0 spiro atoms. The van der Waals surface area contributed by atoms with Crippen LogP contribution in [0.2, 0.25) is 10.0 Å². The third-order valence-corrected chi connectivity index (χ3v) is 4.34. The van der Waals surface area contributed by atoms with E-state index in [1.165, 1.54) is 24.3 Å². The summed E-state index contributed by atoms with van der Waals surface area (Å²) in [5.41, 5.74) is -0.545. The van der Waals surface area contributed by atoms with Crippen molar-refractivity contribution in [2.45, 2.75) is 20.0 Å². The van der Waals surface area contributed by atoms with E-state index in [4.69, 9.17) is 28.3 Å². The van der Waals surface area contributed by atoms with Crippen LogP contribution in [0.5, 0.6) is 5.75 Å². The number of allylic oxidation sites excluding steroid dienone is 1.